The van der Waals surface area contributed by atoms with Crippen molar-refractivity contribution in [2.75, 3.05) is 19.7 Å². The van der Waals surface area contributed by atoms with Crippen LogP contribution in [0.1, 0.15) is 34.5 Å². The number of amides is 2. The largest absolute Gasteiger partial charge is 0.467 e. The summed E-state index contributed by atoms with van der Waals surface area (Å²) >= 11 is 0. The molecule has 2 heterocycles. The predicted octanol–water partition coefficient (Wildman–Crippen LogP) is 5.42. The van der Waals surface area contributed by atoms with Crippen molar-refractivity contribution in [2.24, 2.45) is 0 Å². The van der Waals surface area contributed by atoms with Gasteiger partial charge in [-0.1, -0.05) is 42.5 Å². The van der Waals surface area contributed by atoms with E-state index in [4.69, 9.17) is 9.15 Å². The molecule has 3 aromatic carbocycles. The lowest BCUT2D eigenvalue weighted by Gasteiger charge is -2.29. The van der Waals surface area contributed by atoms with Crippen molar-refractivity contribution in [1.82, 2.24) is 9.80 Å². The molecule has 1 fully saturated rings. The van der Waals surface area contributed by atoms with E-state index < -0.39 is 0 Å². The summed E-state index contributed by atoms with van der Waals surface area (Å²) in [6, 6.07) is 23.1. The van der Waals surface area contributed by atoms with Crippen LogP contribution < -0.4 is 0 Å². The van der Waals surface area contributed by atoms with Gasteiger partial charge in [0, 0.05) is 25.3 Å². The molecule has 4 aromatic rings. The van der Waals surface area contributed by atoms with E-state index in [0.717, 1.165) is 29.2 Å². The Kier molecular flexibility index (Phi) is 7.61. The quantitative estimate of drug-likeness (QED) is 0.308. The van der Waals surface area contributed by atoms with E-state index >= 15 is 0 Å². The maximum absolute atomic E-state index is 13.7. The summed E-state index contributed by atoms with van der Waals surface area (Å²) in [4.78, 5) is 30.5. The molecule has 1 atom stereocenters. The molecule has 37 heavy (non-hydrogen) atoms. The molecule has 0 aliphatic carbocycles. The second-order valence-electron chi connectivity index (χ2n) is 9.34. The Hall–Kier alpha value is -3.97. The van der Waals surface area contributed by atoms with Crippen molar-refractivity contribution in [3.05, 3.63) is 108 Å². The molecule has 0 spiro atoms. The second kappa shape index (κ2) is 11.4. The van der Waals surface area contributed by atoms with Gasteiger partial charge in [-0.25, -0.2) is 4.39 Å². The van der Waals surface area contributed by atoms with E-state index in [-0.39, 0.29) is 43.4 Å². The molecule has 6 nitrogen and oxygen atoms in total. The van der Waals surface area contributed by atoms with Gasteiger partial charge in [-0.15, -0.1) is 0 Å². The van der Waals surface area contributed by atoms with Gasteiger partial charge >= 0.3 is 0 Å². The number of nitrogens with zero attached hydrogens (tertiary/aromatic N) is 2. The Morgan fingerprint density at radius 1 is 0.892 bits per heavy atom. The highest BCUT2D eigenvalue weighted by atomic mass is 19.1. The van der Waals surface area contributed by atoms with Crippen molar-refractivity contribution in [2.45, 2.75) is 32.0 Å². The summed E-state index contributed by atoms with van der Waals surface area (Å²) in [5.74, 6) is -0.152. The zero-order valence-corrected chi connectivity index (χ0v) is 20.5. The molecular formula is C30H29FN2O4. The molecular weight excluding hydrogens is 471 g/mol. The van der Waals surface area contributed by atoms with Crippen molar-refractivity contribution < 1.29 is 23.1 Å². The molecule has 2 amide bonds. The molecule has 1 aliphatic rings. The molecule has 0 radical (unpaired) electrons. The lowest BCUT2D eigenvalue weighted by molar-refractivity contribution is -0.133. The Morgan fingerprint density at radius 2 is 1.70 bits per heavy atom. The molecule has 5 rings (SSSR count). The third kappa shape index (κ3) is 6.24. The summed E-state index contributed by atoms with van der Waals surface area (Å²) < 4.78 is 24.7. The lowest BCUT2D eigenvalue weighted by atomic mass is 10.1. The Bertz CT molecular complexity index is 1350. The Morgan fingerprint density at radius 3 is 2.43 bits per heavy atom. The summed E-state index contributed by atoms with van der Waals surface area (Å²) in [6.07, 6.45) is 3.24. The van der Waals surface area contributed by atoms with Crippen LogP contribution in [-0.4, -0.2) is 47.4 Å². The zero-order chi connectivity index (χ0) is 25.6. The number of benzene rings is 3. The van der Waals surface area contributed by atoms with Gasteiger partial charge in [0.25, 0.3) is 5.91 Å². The smallest absolute Gasteiger partial charge is 0.254 e. The van der Waals surface area contributed by atoms with Gasteiger partial charge < -0.3 is 19.0 Å². The molecule has 1 saturated heterocycles. The number of hydrogen-bond donors (Lipinski definition) is 0. The number of halogens is 1. The van der Waals surface area contributed by atoms with Crippen LogP contribution in [0.3, 0.4) is 0 Å². The number of hydrogen-bond acceptors (Lipinski definition) is 4. The van der Waals surface area contributed by atoms with Gasteiger partial charge in [0.2, 0.25) is 5.91 Å². The molecule has 0 saturated carbocycles. The summed E-state index contributed by atoms with van der Waals surface area (Å²) in [7, 11) is 0. The summed E-state index contributed by atoms with van der Waals surface area (Å²) in [5, 5.41) is 2.01. The second-order valence-corrected chi connectivity index (χ2v) is 9.34. The van der Waals surface area contributed by atoms with E-state index in [2.05, 4.69) is 0 Å². The molecule has 0 N–H and O–H groups in total. The normalized spacial score (nSPS) is 15.1. The number of ether oxygens (including phenoxy) is 1. The lowest BCUT2D eigenvalue weighted by Crippen LogP contribution is -2.45. The number of fused-ring (bicyclic) bond motifs is 1. The first kappa shape index (κ1) is 24.7. The maximum Gasteiger partial charge on any atom is 0.254 e. The summed E-state index contributed by atoms with van der Waals surface area (Å²) in [6.45, 7) is 1.39. The van der Waals surface area contributed by atoms with Crippen molar-refractivity contribution >= 4 is 22.6 Å². The highest BCUT2D eigenvalue weighted by molar-refractivity contribution is 6.00. The Balaban J connectivity index is 1.39. The molecule has 7 heteroatoms. The number of rotatable bonds is 9. The van der Waals surface area contributed by atoms with Crippen LogP contribution in [0.15, 0.2) is 89.5 Å². The SMILES string of the molecule is O=C(CN(CC1CCCO1)C(=O)c1ccc2ccccc2c1)N(Cc1ccc(F)cc1)Cc1ccco1. The number of carbonyl (C=O) groups excluding carboxylic acids is 2. The fraction of sp³-hybridized carbons (Fsp3) is 0.267. The minimum Gasteiger partial charge on any atom is -0.467 e. The maximum atomic E-state index is 13.7. The number of carbonyl (C=O) groups is 2. The van der Waals surface area contributed by atoms with Gasteiger partial charge in [0.05, 0.1) is 18.9 Å². The monoisotopic (exact) mass is 500 g/mol. The fourth-order valence-electron chi connectivity index (χ4n) is 4.65. The third-order valence-electron chi connectivity index (χ3n) is 6.62. The van der Waals surface area contributed by atoms with Crippen molar-refractivity contribution in [3.8, 4) is 0 Å². The van der Waals surface area contributed by atoms with E-state index in [1.165, 1.54) is 12.1 Å². The van der Waals surface area contributed by atoms with Crippen LogP contribution in [0.2, 0.25) is 0 Å². The molecule has 1 aromatic heterocycles. The molecule has 0 bridgehead atoms. The standard InChI is InChI=1S/C30H29FN2O4/c31-26-13-9-22(10-14-26)18-32(19-27-7-3-15-36-27)29(34)21-33(20-28-8-4-16-37-28)30(35)25-12-11-23-5-1-2-6-24(23)17-25/h1-3,5-7,9-15,17,28H,4,8,16,18-21H2. The number of furan rings is 1. The zero-order valence-electron chi connectivity index (χ0n) is 20.5. The highest BCUT2D eigenvalue weighted by Gasteiger charge is 2.27. The van der Waals surface area contributed by atoms with Gasteiger partial charge in [-0.2, -0.15) is 0 Å². The van der Waals surface area contributed by atoms with Crippen LogP contribution in [0.5, 0.6) is 0 Å². The van der Waals surface area contributed by atoms with E-state index in [9.17, 15) is 14.0 Å². The Labute approximate surface area is 215 Å². The minimum absolute atomic E-state index is 0.104. The van der Waals surface area contributed by atoms with Crippen LogP contribution in [0.4, 0.5) is 4.39 Å². The molecule has 1 aliphatic heterocycles. The molecule has 1 unspecified atom stereocenters. The first-order valence-corrected chi connectivity index (χ1v) is 12.5. The van der Waals surface area contributed by atoms with E-state index in [0.29, 0.717) is 24.5 Å². The van der Waals surface area contributed by atoms with Crippen LogP contribution in [-0.2, 0) is 22.6 Å². The van der Waals surface area contributed by atoms with Gasteiger partial charge in [0.1, 0.15) is 18.1 Å². The first-order chi connectivity index (χ1) is 18.0. The van der Waals surface area contributed by atoms with Gasteiger partial charge in [0.15, 0.2) is 0 Å². The topological polar surface area (TPSA) is 63.0 Å². The van der Waals surface area contributed by atoms with Crippen molar-refractivity contribution in [1.29, 1.82) is 0 Å². The van der Waals surface area contributed by atoms with E-state index in [1.54, 1.807) is 46.4 Å². The third-order valence-corrected chi connectivity index (χ3v) is 6.62. The summed E-state index contributed by atoms with van der Waals surface area (Å²) in [5.41, 5.74) is 1.31. The predicted molar refractivity (Wildman–Crippen MR) is 138 cm³/mol. The minimum atomic E-state index is -0.337. The van der Waals surface area contributed by atoms with Crippen LogP contribution in [0.25, 0.3) is 10.8 Å². The first-order valence-electron chi connectivity index (χ1n) is 12.5. The van der Waals surface area contributed by atoms with E-state index in [1.807, 2.05) is 36.4 Å². The highest BCUT2D eigenvalue weighted by Crippen LogP contribution is 2.20. The average molecular weight is 501 g/mol. The van der Waals surface area contributed by atoms with Crippen LogP contribution in [0, 0.1) is 5.82 Å². The van der Waals surface area contributed by atoms with Gasteiger partial charge in [-0.05, 0) is 65.6 Å². The van der Waals surface area contributed by atoms with Gasteiger partial charge in [-0.3, -0.25) is 9.59 Å². The average Bonchev–Trinajstić information content (AvgIpc) is 3.63. The van der Waals surface area contributed by atoms with Crippen molar-refractivity contribution in [3.63, 3.8) is 0 Å². The van der Waals surface area contributed by atoms with Crippen LogP contribution >= 0.6 is 0 Å². The fourth-order valence-corrected chi connectivity index (χ4v) is 4.65. The molecule has 190 valence electrons.